The Morgan fingerprint density at radius 1 is 1.09 bits per heavy atom. The summed E-state index contributed by atoms with van der Waals surface area (Å²) in [5, 5.41) is 8.47. The minimum atomic E-state index is -0.260. The fourth-order valence-electron chi connectivity index (χ4n) is 3.39. The van der Waals surface area contributed by atoms with Gasteiger partial charge in [-0.05, 0) is 82.4 Å². The number of carbonyl (C=O) groups is 1. The van der Waals surface area contributed by atoms with Gasteiger partial charge in [-0.3, -0.25) is 9.48 Å². The standard InChI is InChI=1S/C26H22BrCl2N3O2/c1-16-6-7-17(2)24(10-16)34-15-18-4-3-5-19(11-18)26(33)30-25-22(27)14-32(31-25)13-20-8-9-21(28)12-23(20)29/h3-12,14H,13,15H2,1-2H3,(H,30,31,33). The van der Waals surface area contributed by atoms with Gasteiger partial charge in [0.25, 0.3) is 5.91 Å². The molecule has 0 saturated carbocycles. The highest BCUT2D eigenvalue weighted by atomic mass is 79.9. The Balaban J connectivity index is 1.43. The Morgan fingerprint density at radius 2 is 1.91 bits per heavy atom. The molecule has 0 atom stereocenters. The molecule has 1 heterocycles. The van der Waals surface area contributed by atoms with Crippen molar-refractivity contribution in [1.82, 2.24) is 9.78 Å². The highest BCUT2D eigenvalue weighted by Gasteiger charge is 2.14. The third-order valence-corrected chi connectivity index (χ3v) is 6.39. The molecular weight excluding hydrogens is 537 g/mol. The lowest BCUT2D eigenvalue weighted by Crippen LogP contribution is -2.13. The van der Waals surface area contributed by atoms with Crippen LogP contribution in [0, 0.1) is 13.8 Å². The highest BCUT2D eigenvalue weighted by Crippen LogP contribution is 2.25. The van der Waals surface area contributed by atoms with Crippen molar-refractivity contribution in [1.29, 1.82) is 0 Å². The molecule has 5 nitrogen and oxygen atoms in total. The van der Waals surface area contributed by atoms with Crippen molar-refractivity contribution < 1.29 is 9.53 Å². The first kappa shape index (κ1) is 24.3. The second-order valence-electron chi connectivity index (χ2n) is 7.97. The van der Waals surface area contributed by atoms with Gasteiger partial charge in [-0.15, -0.1) is 0 Å². The summed E-state index contributed by atoms with van der Waals surface area (Å²) in [5.41, 5.74) is 4.49. The Morgan fingerprint density at radius 3 is 2.71 bits per heavy atom. The molecule has 4 aromatic rings. The van der Waals surface area contributed by atoms with E-state index >= 15 is 0 Å². The molecule has 4 rings (SSSR count). The third-order valence-electron chi connectivity index (χ3n) is 5.22. The maximum absolute atomic E-state index is 12.9. The second-order valence-corrected chi connectivity index (χ2v) is 9.67. The average Bonchev–Trinajstić information content (AvgIpc) is 3.15. The topological polar surface area (TPSA) is 56.1 Å². The zero-order valence-electron chi connectivity index (χ0n) is 18.6. The zero-order valence-corrected chi connectivity index (χ0v) is 21.7. The van der Waals surface area contributed by atoms with Gasteiger partial charge < -0.3 is 10.1 Å². The molecule has 3 aromatic carbocycles. The van der Waals surface area contributed by atoms with E-state index in [1.54, 1.807) is 29.1 Å². The summed E-state index contributed by atoms with van der Waals surface area (Å²) < 4.78 is 8.34. The van der Waals surface area contributed by atoms with E-state index in [0.29, 0.717) is 39.1 Å². The van der Waals surface area contributed by atoms with E-state index in [2.05, 4.69) is 32.4 Å². The molecule has 0 aliphatic heterocycles. The number of halogens is 3. The van der Waals surface area contributed by atoms with Crippen LogP contribution in [0.3, 0.4) is 0 Å². The number of anilines is 1. The number of carbonyl (C=O) groups excluding carboxylic acids is 1. The van der Waals surface area contributed by atoms with E-state index in [4.69, 9.17) is 27.9 Å². The van der Waals surface area contributed by atoms with Crippen LogP contribution in [0.15, 0.2) is 71.3 Å². The monoisotopic (exact) mass is 557 g/mol. The molecule has 8 heteroatoms. The average molecular weight is 559 g/mol. The summed E-state index contributed by atoms with van der Waals surface area (Å²) >= 11 is 15.7. The summed E-state index contributed by atoms with van der Waals surface area (Å²) in [7, 11) is 0. The summed E-state index contributed by atoms with van der Waals surface area (Å²) in [5.74, 6) is 1.00. The fraction of sp³-hybridized carbons (Fsp3) is 0.154. The predicted octanol–water partition coefficient (Wildman–Crippen LogP) is 7.45. The maximum atomic E-state index is 12.9. The fourth-order valence-corrected chi connectivity index (χ4v) is 4.28. The molecular formula is C26H22BrCl2N3O2. The normalized spacial score (nSPS) is 10.9. The maximum Gasteiger partial charge on any atom is 0.256 e. The van der Waals surface area contributed by atoms with E-state index in [0.717, 1.165) is 28.0 Å². The lowest BCUT2D eigenvalue weighted by molar-refractivity contribution is 0.102. The molecule has 0 bridgehead atoms. The molecule has 0 aliphatic rings. The van der Waals surface area contributed by atoms with Gasteiger partial charge in [-0.25, -0.2) is 0 Å². The second kappa shape index (κ2) is 10.6. The van der Waals surface area contributed by atoms with Crippen molar-refractivity contribution in [2.45, 2.75) is 27.0 Å². The van der Waals surface area contributed by atoms with Crippen molar-refractivity contribution in [2.24, 2.45) is 0 Å². The Kier molecular flexibility index (Phi) is 7.61. The van der Waals surface area contributed by atoms with Gasteiger partial charge in [0.1, 0.15) is 12.4 Å². The van der Waals surface area contributed by atoms with Gasteiger partial charge in [-0.2, -0.15) is 5.10 Å². The number of ether oxygens (including phenoxy) is 1. The first-order chi connectivity index (χ1) is 16.3. The molecule has 1 amide bonds. The Bertz CT molecular complexity index is 1350. The van der Waals surface area contributed by atoms with Crippen LogP contribution in [-0.2, 0) is 13.2 Å². The number of nitrogens with zero attached hydrogens (tertiary/aromatic N) is 2. The zero-order chi connectivity index (χ0) is 24.2. The van der Waals surface area contributed by atoms with Crippen LogP contribution >= 0.6 is 39.1 Å². The van der Waals surface area contributed by atoms with Crippen molar-refractivity contribution in [2.75, 3.05) is 5.32 Å². The largest absolute Gasteiger partial charge is 0.489 e. The summed E-state index contributed by atoms with van der Waals surface area (Å²) in [6.07, 6.45) is 1.79. The van der Waals surface area contributed by atoms with Crippen molar-refractivity contribution in [3.63, 3.8) is 0 Å². The third kappa shape index (κ3) is 6.00. The molecule has 0 spiro atoms. The Labute approximate surface area is 216 Å². The first-order valence-electron chi connectivity index (χ1n) is 10.6. The number of benzene rings is 3. The van der Waals surface area contributed by atoms with Crippen LogP contribution in [0.1, 0.15) is 32.6 Å². The van der Waals surface area contributed by atoms with Gasteiger partial charge in [-0.1, -0.05) is 53.5 Å². The summed E-state index contributed by atoms with van der Waals surface area (Å²) in [6.45, 7) is 4.85. The number of rotatable bonds is 7. The van der Waals surface area contributed by atoms with Crippen LogP contribution in [0.2, 0.25) is 10.0 Å². The first-order valence-corrected chi connectivity index (χ1v) is 12.1. The number of aromatic nitrogens is 2. The number of hydrogen-bond acceptors (Lipinski definition) is 3. The highest BCUT2D eigenvalue weighted by molar-refractivity contribution is 9.10. The van der Waals surface area contributed by atoms with Gasteiger partial charge in [0.05, 0.1) is 11.0 Å². The number of amides is 1. The minimum Gasteiger partial charge on any atom is -0.489 e. The van der Waals surface area contributed by atoms with Gasteiger partial charge in [0, 0.05) is 21.8 Å². The smallest absolute Gasteiger partial charge is 0.256 e. The molecule has 0 unspecified atom stereocenters. The number of nitrogens with one attached hydrogen (secondary N) is 1. The van der Waals surface area contributed by atoms with Crippen LogP contribution in [-0.4, -0.2) is 15.7 Å². The van der Waals surface area contributed by atoms with Crippen molar-refractivity contribution >= 4 is 50.9 Å². The molecule has 0 aliphatic carbocycles. The molecule has 0 radical (unpaired) electrons. The van der Waals surface area contributed by atoms with E-state index in [-0.39, 0.29) is 5.91 Å². The molecule has 0 fully saturated rings. The summed E-state index contributed by atoms with van der Waals surface area (Å²) in [6, 6.07) is 18.8. The van der Waals surface area contributed by atoms with E-state index in [1.807, 2.05) is 50.2 Å². The van der Waals surface area contributed by atoms with E-state index in [1.165, 1.54) is 0 Å². The van der Waals surface area contributed by atoms with E-state index in [9.17, 15) is 4.79 Å². The predicted molar refractivity (Wildman–Crippen MR) is 140 cm³/mol. The van der Waals surface area contributed by atoms with Gasteiger partial charge >= 0.3 is 0 Å². The van der Waals surface area contributed by atoms with Gasteiger partial charge in [0.15, 0.2) is 5.82 Å². The van der Waals surface area contributed by atoms with Crippen molar-refractivity contribution in [3.8, 4) is 5.75 Å². The summed E-state index contributed by atoms with van der Waals surface area (Å²) in [4.78, 5) is 12.9. The molecule has 1 aromatic heterocycles. The lowest BCUT2D eigenvalue weighted by Gasteiger charge is -2.11. The van der Waals surface area contributed by atoms with Crippen molar-refractivity contribution in [3.05, 3.63) is 109 Å². The SMILES string of the molecule is Cc1ccc(C)c(OCc2cccc(C(=O)Nc3nn(Cc4ccc(Cl)cc4Cl)cc3Br)c2)c1. The quantitative estimate of drug-likeness (QED) is 0.256. The van der Waals surface area contributed by atoms with Crippen LogP contribution < -0.4 is 10.1 Å². The Hall–Kier alpha value is -2.80. The number of aryl methyl sites for hydroxylation is 2. The minimum absolute atomic E-state index is 0.260. The number of hydrogen-bond donors (Lipinski definition) is 1. The molecule has 34 heavy (non-hydrogen) atoms. The van der Waals surface area contributed by atoms with Crippen LogP contribution in [0.4, 0.5) is 5.82 Å². The molecule has 0 saturated heterocycles. The van der Waals surface area contributed by atoms with Crippen LogP contribution in [0.25, 0.3) is 0 Å². The van der Waals surface area contributed by atoms with E-state index < -0.39 is 0 Å². The van der Waals surface area contributed by atoms with Crippen LogP contribution in [0.5, 0.6) is 5.75 Å². The van der Waals surface area contributed by atoms with Gasteiger partial charge in [0.2, 0.25) is 0 Å². The lowest BCUT2D eigenvalue weighted by atomic mass is 10.1. The molecule has 174 valence electrons. The molecule has 1 N–H and O–H groups in total.